The largest absolute Gasteiger partial charge is 0.489 e. The molecule has 1 heterocycles. The maximum Gasteiger partial charge on any atom is 0.310 e. The number of benzene rings is 2. The van der Waals surface area contributed by atoms with Crippen LogP contribution < -0.4 is 10.1 Å². The Kier molecular flexibility index (Phi) is 6.85. The van der Waals surface area contributed by atoms with Crippen molar-refractivity contribution in [2.75, 3.05) is 11.9 Å². The molecule has 3 aromatic rings. The summed E-state index contributed by atoms with van der Waals surface area (Å²) in [6.45, 7) is 5.67. The van der Waals surface area contributed by atoms with E-state index >= 15 is 0 Å². The second kappa shape index (κ2) is 9.73. The lowest BCUT2D eigenvalue weighted by Crippen LogP contribution is -2.21. The average molecular weight is 408 g/mol. The summed E-state index contributed by atoms with van der Waals surface area (Å²) in [6.07, 6.45) is 0.0713. The Morgan fingerprint density at radius 1 is 1.07 bits per heavy atom. The van der Waals surface area contributed by atoms with E-state index in [9.17, 15) is 9.59 Å². The molecule has 3 rings (SSSR count). The Morgan fingerprint density at radius 2 is 1.83 bits per heavy atom. The summed E-state index contributed by atoms with van der Waals surface area (Å²) in [5, 5.41) is 6.60. The first-order valence-corrected chi connectivity index (χ1v) is 9.56. The Bertz CT molecular complexity index is 1000. The zero-order valence-corrected chi connectivity index (χ0v) is 17.2. The van der Waals surface area contributed by atoms with Gasteiger partial charge in [0.1, 0.15) is 18.1 Å². The van der Waals surface area contributed by atoms with Gasteiger partial charge in [0, 0.05) is 5.69 Å². The normalized spacial score (nSPS) is 10.5. The van der Waals surface area contributed by atoms with E-state index in [-0.39, 0.29) is 18.9 Å². The number of esters is 1. The second-order valence-electron chi connectivity index (χ2n) is 6.99. The molecule has 7 heteroatoms. The molecule has 0 unspecified atom stereocenters. The van der Waals surface area contributed by atoms with Crippen molar-refractivity contribution in [3.8, 4) is 5.75 Å². The van der Waals surface area contributed by atoms with Gasteiger partial charge in [-0.05, 0) is 56.2 Å². The first kappa shape index (κ1) is 21.1. The van der Waals surface area contributed by atoms with Crippen molar-refractivity contribution in [1.82, 2.24) is 5.16 Å². The number of nitrogens with one attached hydrogen (secondary N) is 1. The molecular formula is C23H24N2O5. The quantitative estimate of drug-likeness (QED) is 0.569. The highest BCUT2D eigenvalue weighted by Crippen LogP contribution is 2.18. The van der Waals surface area contributed by atoms with Gasteiger partial charge in [-0.1, -0.05) is 29.4 Å². The molecule has 0 fully saturated rings. The standard InChI is InChI=1S/C23H24N2O5/c1-15-5-4-6-19(11-15)24-22(26)14-29-23(27)12-18-7-9-20(10-8-18)28-13-21-16(2)25-30-17(21)3/h4-11H,12-14H2,1-3H3,(H,24,26). The van der Waals surface area contributed by atoms with Gasteiger partial charge >= 0.3 is 5.97 Å². The Hall–Kier alpha value is -3.61. The zero-order valence-electron chi connectivity index (χ0n) is 17.2. The minimum atomic E-state index is -0.473. The van der Waals surface area contributed by atoms with E-state index in [0.717, 1.165) is 28.1 Å². The fourth-order valence-electron chi connectivity index (χ4n) is 2.85. The molecule has 0 aliphatic heterocycles. The topological polar surface area (TPSA) is 90.7 Å². The van der Waals surface area contributed by atoms with Crippen molar-refractivity contribution in [2.24, 2.45) is 0 Å². The van der Waals surface area contributed by atoms with Crippen LogP contribution in [0.15, 0.2) is 53.1 Å². The smallest absolute Gasteiger partial charge is 0.310 e. The van der Waals surface area contributed by atoms with Crippen LogP contribution in [-0.4, -0.2) is 23.6 Å². The maximum atomic E-state index is 12.0. The number of amides is 1. The average Bonchev–Trinajstić information content (AvgIpc) is 3.03. The van der Waals surface area contributed by atoms with Crippen molar-refractivity contribution < 1.29 is 23.6 Å². The fraction of sp³-hybridized carbons (Fsp3) is 0.261. The molecule has 1 aromatic heterocycles. The molecular weight excluding hydrogens is 384 g/mol. The van der Waals surface area contributed by atoms with Crippen molar-refractivity contribution in [1.29, 1.82) is 0 Å². The van der Waals surface area contributed by atoms with Crippen molar-refractivity contribution >= 4 is 17.6 Å². The van der Waals surface area contributed by atoms with Crippen LogP contribution in [0.25, 0.3) is 0 Å². The number of ether oxygens (including phenoxy) is 2. The van der Waals surface area contributed by atoms with Crippen molar-refractivity contribution in [3.05, 3.63) is 76.7 Å². The third kappa shape index (κ3) is 5.94. The number of carbonyl (C=O) groups excluding carboxylic acids is 2. The Labute approximate surface area is 175 Å². The molecule has 0 bridgehead atoms. The van der Waals surface area contributed by atoms with Crippen molar-refractivity contribution in [3.63, 3.8) is 0 Å². The van der Waals surface area contributed by atoms with Gasteiger partial charge in [-0.15, -0.1) is 0 Å². The zero-order chi connectivity index (χ0) is 21.5. The number of carbonyl (C=O) groups is 2. The lowest BCUT2D eigenvalue weighted by Gasteiger charge is -2.08. The summed E-state index contributed by atoms with van der Waals surface area (Å²) in [6, 6.07) is 14.5. The third-order valence-corrected chi connectivity index (χ3v) is 4.50. The molecule has 30 heavy (non-hydrogen) atoms. The molecule has 0 aliphatic rings. The number of rotatable bonds is 8. The molecule has 0 saturated heterocycles. The van der Waals surface area contributed by atoms with Crippen LogP contribution in [0.4, 0.5) is 5.69 Å². The molecule has 1 amide bonds. The lowest BCUT2D eigenvalue weighted by molar-refractivity contribution is -0.146. The predicted octanol–water partition coefficient (Wildman–Crippen LogP) is 3.90. The minimum absolute atomic E-state index is 0.0713. The molecule has 0 aliphatic carbocycles. The molecule has 0 radical (unpaired) electrons. The molecule has 156 valence electrons. The molecule has 1 N–H and O–H groups in total. The molecule has 7 nitrogen and oxygen atoms in total. The fourth-order valence-corrected chi connectivity index (χ4v) is 2.85. The highest BCUT2D eigenvalue weighted by atomic mass is 16.5. The van der Waals surface area contributed by atoms with E-state index in [1.807, 2.05) is 39.0 Å². The number of anilines is 1. The van der Waals surface area contributed by atoms with Crippen LogP contribution in [0, 0.1) is 20.8 Å². The first-order chi connectivity index (χ1) is 14.4. The van der Waals surface area contributed by atoms with Crippen LogP contribution in [-0.2, 0) is 27.4 Å². The summed E-state index contributed by atoms with van der Waals surface area (Å²) < 4.78 is 15.9. The summed E-state index contributed by atoms with van der Waals surface area (Å²) in [4.78, 5) is 23.9. The van der Waals surface area contributed by atoms with Gasteiger partial charge in [0.15, 0.2) is 6.61 Å². The summed E-state index contributed by atoms with van der Waals surface area (Å²) in [5.41, 5.74) is 4.20. The van der Waals surface area contributed by atoms with E-state index in [0.29, 0.717) is 18.0 Å². The van der Waals surface area contributed by atoms with Gasteiger partial charge in [-0.25, -0.2) is 0 Å². The molecule has 0 spiro atoms. The summed E-state index contributed by atoms with van der Waals surface area (Å²) in [5.74, 6) is 0.554. The predicted molar refractivity (Wildman–Crippen MR) is 111 cm³/mol. The number of aromatic nitrogens is 1. The molecule has 0 atom stereocenters. The SMILES string of the molecule is Cc1cccc(NC(=O)COC(=O)Cc2ccc(OCc3c(C)noc3C)cc2)c1. The highest BCUT2D eigenvalue weighted by Gasteiger charge is 2.11. The van der Waals surface area contributed by atoms with Crippen LogP contribution in [0.5, 0.6) is 5.75 Å². The number of hydrogen-bond acceptors (Lipinski definition) is 6. The minimum Gasteiger partial charge on any atom is -0.489 e. The van der Waals surface area contributed by atoms with Crippen LogP contribution in [0.1, 0.15) is 28.1 Å². The highest BCUT2D eigenvalue weighted by molar-refractivity contribution is 5.92. The van der Waals surface area contributed by atoms with E-state index in [4.69, 9.17) is 14.0 Å². The monoisotopic (exact) mass is 408 g/mol. The van der Waals surface area contributed by atoms with Crippen LogP contribution in [0.3, 0.4) is 0 Å². The van der Waals surface area contributed by atoms with Crippen LogP contribution in [0.2, 0.25) is 0 Å². The third-order valence-electron chi connectivity index (χ3n) is 4.50. The maximum absolute atomic E-state index is 12.0. The number of aryl methyl sites for hydroxylation is 3. The Balaban J connectivity index is 1.43. The first-order valence-electron chi connectivity index (χ1n) is 9.56. The van der Waals surface area contributed by atoms with Crippen LogP contribution >= 0.6 is 0 Å². The van der Waals surface area contributed by atoms with E-state index in [2.05, 4.69) is 10.5 Å². The van der Waals surface area contributed by atoms with Gasteiger partial charge in [0.05, 0.1) is 17.7 Å². The summed E-state index contributed by atoms with van der Waals surface area (Å²) in [7, 11) is 0. The lowest BCUT2D eigenvalue weighted by atomic mass is 10.1. The van der Waals surface area contributed by atoms with Gasteiger partial charge < -0.3 is 19.3 Å². The van der Waals surface area contributed by atoms with E-state index < -0.39 is 5.97 Å². The second-order valence-corrected chi connectivity index (χ2v) is 6.99. The van der Waals surface area contributed by atoms with Gasteiger partial charge in [-0.3, -0.25) is 9.59 Å². The van der Waals surface area contributed by atoms with Gasteiger partial charge in [0.25, 0.3) is 5.91 Å². The van der Waals surface area contributed by atoms with Gasteiger partial charge in [0.2, 0.25) is 0 Å². The molecule has 0 saturated carbocycles. The Morgan fingerprint density at radius 3 is 2.50 bits per heavy atom. The number of hydrogen-bond donors (Lipinski definition) is 1. The number of nitrogens with zero attached hydrogens (tertiary/aromatic N) is 1. The summed E-state index contributed by atoms with van der Waals surface area (Å²) >= 11 is 0. The van der Waals surface area contributed by atoms with E-state index in [1.54, 1.807) is 30.3 Å². The van der Waals surface area contributed by atoms with Crippen molar-refractivity contribution in [2.45, 2.75) is 33.8 Å². The van der Waals surface area contributed by atoms with Gasteiger partial charge in [-0.2, -0.15) is 0 Å². The van der Waals surface area contributed by atoms with E-state index in [1.165, 1.54) is 0 Å². The molecule has 2 aromatic carbocycles.